The number of amides is 1. The van der Waals surface area contributed by atoms with Crippen LogP contribution in [0.15, 0.2) is 47.6 Å². The first kappa shape index (κ1) is 19.8. The minimum absolute atomic E-state index is 0.281. The van der Waals surface area contributed by atoms with Gasteiger partial charge < -0.3 is 15.2 Å². The molecule has 0 radical (unpaired) electrons. The Kier molecular flexibility index (Phi) is 6.16. The average Bonchev–Trinajstić information content (AvgIpc) is 3.30. The van der Waals surface area contributed by atoms with Crippen molar-refractivity contribution in [3.8, 4) is 0 Å². The third kappa shape index (κ3) is 3.87. The molecule has 2 heterocycles. The number of thiophene rings is 1. The van der Waals surface area contributed by atoms with Crippen LogP contribution < -0.4 is 5.73 Å². The van der Waals surface area contributed by atoms with Crippen LogP contribution in [0, 0.1) is 0 Å². The van der Waals surface area contributed by atoms with E-state index < -0.39 is 11.8 Å². The maximum atomic E-state index is 13.1. The van der Waals surface area contributed by atoms with E-state index in [1.165, 1.54) is 23.5 Å². The van der Waals surface area contributed by atoms with E-state index >= 15 is 0 Å². The molecular weight excluding hydrogens is 386 g/mol. The van der Waals surface area contributed by atoms with Crippen LogP contribution in [-0.2, 0) is 20.0 Å². The summed E-state index contributed by atoms with van der Waals surface area (Å²) in [5, 5.41) is 5.93. The number of carbonyl (C=O) groups is 1. The maximum absolute atomic E-state index is 13.1. The monoisotopic (exact) mass is 407 g/mol. The second-order valence-electron chi connectivity index (χ2n) is 6.18. The number of nitrogens with zero attached hydrogens (tertiary/aromatic N) is 2. The number of hydrazone groups is 1. The largest absolute Gasteiger partial charge is 0.442 e. The third-order valence-corrected chi connectivity index (χ3v) is 5.66. The highest BCUT2D eigenvalue weighted by atomic mass is 35.5. The number of hydrogen-bond donors (Lipinski definition) is 1. The Morgan fingerprint density at radius 1 is 1.37 bits per heavy atom. The lowest BCUT2D eigenvalue weighted by molar-refractivity contribution is -0.162. The predicted molar refractivity (Wildman–Crippen MR) is 107 cm³/mol. The highest BCUT2D eigenvalue weighted by Crippen LogP contribution is 2.42. The fourth-order valence-electron chi connectivity index (χ4n) is 2.95. The van der Waals surface area contributed by atoms with Gasteiger partial charge in [0.1, 0.15) is 6.10 Å². The SMILES string of the molecule is CO[C@@H](C)C(=O)N1N=C(c2ccc(Cl)s2)OC1(CCCN)c1ccccc1. The summed E-state index contributed by atoms with van der Waals surface area (Å²) >= 11 is 7.42. The molecule has 1 aliphatic heterocycles. The quantitative estimate of drug-likeness (QED) is 0.761. The van der Waals surface area contributed by atoms with E-state index in [2.05, 4.69) is 5.10 Å². The number of benzene rings is 1. The van der Waals surface area contributed by atoms with E-state index in [0.29, 0.717) is 29.6 Å². The van der Waals surface area contributed by atoms with Gasteiger partial charge >= 0.3 is 0 Å². The van der Waals surface area contributed by atoms with E-state index in [9.17, 15) is 4.79 Å². The summed E-state index contributed by atoms with van der Waals surface area (Å²) in [4.78, 5) is 13.8. The molecule has 27 heavy (non-hydrogen) atoms. The zero-order valence-electron chi connectivity index (χ0n) is 15.2. The molecule has 1 aromatic heterocycles. The third-order valence-electron chi connectivity index (χ3n) is 4.44. The van der Waals surface area contributed by atoms with Crippen molar-refractivity contribution in [3.05, 3.63) is 57.2 Å². The van der Waals surface area contributed by atoms with Gasteiger partial charge in [-0.05, 0) is 32.0 Å². The van der Waals surface area contributed by atoms with E-state index in [1.54, 1.807) is 13.0 Å². The lowest BCUT2D eigenvalue weighted by Crippen LogP contribution is -2.48. The molecule has 0 fully saturated rings. The standard InChI is InChI=1S/C19H22ClN3O3S/c1-13(25-2)18(24)23-19(11-6-12-21,14-7-4-3-5-8-14)26-17(22-23)15-9-10-16(20)27-15/h3-5,7-10,13H,6,11-12,21H2,1-2H3/t13-,19?/m0/s1. The fraction of sp³-hybridized carbons (Fsp3) is 0.368. The highest BCUT2D eigenvalue weighted by Gasteiger charge is 2.50. The van der Waals surface area contributed by atoms with Gasteiger partial charge in [0.25, 0.3) is 11.8 Å². The number of hydrogen-bond acceptors (Lipinski definition) is 6. The van der Waals surface area contributed by atoms with Crippen molar-refractivity contribution in [2.45, 2.75) is 31.6 Å². The molecule has 0 spiro atoms. The van der Waals surface area contributed by atoms with Crippen molar-refractivity contribution in [2.24, 2.45) is 10.8 Å². The van der Waals surface area contributed by atoms with Crippen molar-refractivity contribution in [2.75, 3.05) is 13.7 Å². The zero-order chi connectivity index (χ0) is 19.4. The molecule has 8 heteroatoms. The molecule has 0 saturated heterocycles. The Balaban J connectivity index is 2.09. The summed E-state index contributed by atoms with van der Waals surface area (Å²) < 4.78 is 12.2. The van der Waals surface area contributed by atoms with Crippen LogP contribution in [-0.4, -0.2) is 36.6 Å². The number of ether oxygens (including phenoxy) is 2. The Morgan fingerprint density at radius 2 is 2.11 bits per heavy atom. The molecular formula is C19H22ClN3O3S. The molecule has 1 amide bonds. The molecule has 2 aromatic rings. The molecule has 2 atom stereocenters. The minimum Gasteiger partial charge on any atom is -0.442 e. The topological polar surface area (TPSA) is 77.1 Å². The maximum Gasteiger partial charge on any atom is 0.275 e. The number of rotatable bonds is 7. The zero-order valence-corrected chi connectivity index (χ0v) is 16.8. The van der Waals surface area contributed by atoms with Crippen molar-refractivity contribution in [1.82, 2.24) is 5.01 Å². The van der Waals surface area contributed by atoms with Crippen molar-refractivity contribution in [3.63, 3.8) is 0 Å². The summed E-state index contributed by atoms with van der Waals surface area (Å²) in [7, 11) is 1.49. The molecule has 144 valence electrons. The first-order valence-electron chi connectivity index (χ1n) is 8.67. The van der Waals surface area contributed by atoms with E-state index in [4.69, 9.17) is 26.8 Å². The Morgan fingerprint density at radius 3 is 2.70 bits per heavy atom. The van der Waals surface area contributed by atoms with Gasteiger partial charge in [-0.2, -0.15) is 5.01 Å². The van der Waals surface area contributed by atoms with Gasteiger partial charge in [-0.3, -0.25) is 4.79 Å². The van der Waals surface area contributed by atoms with Crippen molar-refractivity contribution >= 4 is 34.7 Å². The van der Waals surface area contributed by atoms with Crippen LogP contribution in [0.2, 0.25) is 4.34 Å². The van der Waals surface area contributed by atoms with Crippen molar-refractivity contribution in [1.29, 1.82) is 0 Å². The second-order valence-corrected chi connectivity index (χ2v) is 7.90. The summed E-state index contributed by atoms with van der Waals surface area (Å²) in [6, 6.07) is 13.2. The van der Waals surface area contributed by atoms with Crippen LogP contribution >= 0.6 is 22.9 Å². The molecule has 3 rings (SSSR count). The highest BCUT2D eigenvalue weighted by molar-refractivity contribution is 7.18. The lowest BCUT2D eigenvalue weighted by atomic mass is 9.96. The number of methoxy groups -OCH3 is 1. The molecule has 0 aliphatic carbocycles. The second kappa shape index (κ2) is 8.39. The van der Waals surface area contributed by atoms with Crippen LogP contribution in [0.1, 0.15) is 30.2 Å². The molecule has 1 aromatic carbocycles. The van der Waals surface area contributed by atoms with E-state index in [-0.39, 0.29) is 5.91 Å². The van der Waals surface area contributed by atoms with Crippen LogP contribution in [0.4, 0.5) is 0 Å². The Hall–Kier alpha value is -1.93. The van der Waals surface area contributed by atoms with Gasteiger partial charge in [0.05, 0.1) is 9.21 Å². The van der Waals surface area contributed by atoms with Gasteiger partial charge in [-0.15, -0.1) is 16.4 Å². The van der Waals surface area contributed by atoms with Crippen LogP contribution in [0.5, 0.6) is 0 Å². The average molecular weight is 408 g/mol. The summed E-state index contributed by atoms with van der Waals surface area (Å²) in [6.07, 6.45) is 0.500. The minimum atomic E-state index is -1.07. The van der Waals surface area contributed by atoms with Gasteiger partial charge in [0.2, 0.25) is 5.72 Å². The normalized spacial score (nSPS) is 20.3. The molecule has 2 N–H and O–H groups in total. The van der Waals surface area contributed by atoms with Gasteiger partial charge in [0.15, 0.2) is 0 Å². The van der Waals surface area contributed by atoms with E-state index in [0.717, 1.165) is 10.4 Å². The van der Waals surface area contributed by atoms with Gasteiger partial charge in [-0.25, -0.2) is 0 Å². The lowest BCUT2D eigenvalue weighted by Gasteiger charge is -2.36. The fourth-order valence-corrected chi connectivity index (χ4v) is 3.91. The molecule has 1 aliphatic rings. The summed E-state index contributed by atoms with van der Waals surface area (Å²) in [5.74, 6) is 0.0838. The Labute approximate surface area is 167 Å². The molecule has 0 saturated carbocycles. The predicted octanol–water partition coefficient (Wildman–Crippen LogP) is 3.55. The first-order chi connectivity index (χ1) is 13.0. The summed E-state index contributed by atoms with van der Waals surface area (Å²) in [5.41, 5.74) is 5.52. The first-order valence-corrected chi connectivity index (χ1v) is 9.87. The Bertz CT molecular complexity index is 827. The van der Waals surface area contributed by atoms with Crippen LogP contribution in [0.3, 0.4) is 0 Å². The number of halogens is 1. The van der Waals surface area contributed by atoms with Gasteiger partial charge in [0, 0.05) is 19.1 Å². The smallest absolute Gasteiger partial charge is 0.275 e. The molecule has 6 nitrogen and oxygen atoms in total. The summed E-state index contributed by atoms with van der Waals surface area (Å²) in [6.45, 7) is 2.16. The number of carbonyl (C=O) groups excluding carboxylic acids is 1. The molecule has 0 bridgehead atoms. The van der Waals surface area contributed by atoms with Gasteiger partial charge in [-0.1, -0.05) is 41.9 Å². The van der Waals surface area contributed by atoms with Crippen molar-refractivity contribution < 1.29 is 14.3 Å². The van der Waals surface area contributed by atoms with E-state index in [1.807, 2.05) is 36.4 Å². The molecule has 1 unspecified atom stereocenters. The van der Waals surface area contributed by atoms with Crippen LogP contribution in [0.25, 0.3) is 0 Å². The number of nitrogens with two attached hydrogens (primary N) is 1.